The first-order valence-corrected chi connectivity index (χ1v) is 8.60. The molecule has 0 saturated carbocycles. The van der Waals surface area contributed by atoms with E-state index in [1.807, 2.05) is 12.1 Å². The normalized spacial score (nSPS) is 14.8. The van der Waals surface area contributed by atoms with Crippen LogP contribution in [0.1, 0.15) is 40.6 Å². The molecule has 25 heavy (non-hydrogen) atoms. The Morgan fingerprint density at radius 2 is 1.76 bits per heavy atom. The number of H-pyrrole nitrogens is 1. The van der Waals surface area contributed by atoms with Gasteiger partial charge in [0.2, 0.25) is 0 Å². The fourth-order valence-electron chi connectivity index (χ4n) is 4.08. The average Bonchev–Trinajstić information content (AvgIpc) is 3.26. The third-order valence-corrected chi connectivity index (χ3v) is 5.42. The number of aryl methyl sites for hydroxylation is 1. The first-order valence-electron chi connectivity index (χ1n) is 8.22. The van der Waals surface area contributed by atoms with E-state index in [4.69, 9.17) is 11.6 Å². The van der Waals surface area contributed by atoms with Crippen molar-refractivity contribution < 1.29 is 0 Å². The monoisotopic (exact) mass is 346 g/mol. The lowest BCUT2D eigenvalue weighted by Crippen LogP contribution is -2.01. The van der Waals surface area contributed by atoms with Gasteiger partial charge >= 0.3 is 0 Å². The fourth-order valence-corrected chi connectivity index (χ4v) is 4.21. The zero-order valence-corrected chi connectivity index (χ0v) is 14.6. The maximum absolute atomic E-state index is 6.09. The molecule has 0 atom stereocenters. The van der Waals surface area contributed by atoms with Crippen LogP contribution >= 0.6 is 11.6 Å². The summed E-state index contributed by atoms with van der Waals surface area (Å²) in [5, 5.41) is 15.2. The van der Waals surface area contributed by atoms with Gasteiger partial charge in [0.25, 0.3) is 0 Å². The first-order chi connectivity index (χ1) is 12.1. The van der Waals surface area contributed by atoms with E-state index in [1.165, 1.54) is 50.1 Å². The summed E-state index contributed by atoms with van der Waals surface area (Å²) in [7, 11) is 0. The van der Waals surface area contributed by atoms with Crippen LogP contribution in [0.3, 0.4) is 0 Å². The average molecular weight is 347 g/mol. The van der Waals surface area contributed by atoms with Crippen molar-refractivity contribution in [2.45, 2.75) is 20.3 Å². The summed E-state index contributed by atoms with van der Waals surface area (Å²) >= 11 is 6.09. The van der Waals surface area contributed by atoms with E-state index in [0.29, 0.717) is 6.42 Å². The summed E-state index contributed by atoms with van der Waals surface area (Å²) in [6.07, 6.45) is 0.698. The lowest BCUT2D eigenvalue weighted by Gasteiger charge is -2.18. The van der Waals surface area contributed by atoms with Gasteiger partial charge in [0.15, 0.2) is 5.82 Å². The third kappa shape index (κ3) is 1.98. The summed E-state index contributed by atoms with van der Waals surface area (Å²) in [6, 6.07) is 12.6. The highest BCUT2D eigenvalue weighted by Gasteiger charge is 2.37. The van der Waals surface area contributed by atoms with Crippen LogP contribution in [0.2, 0.25) is 5.02 Å². The molecule has 1 N–H and O–H groups in total. The minimum Gasteiger partial charge on any atom is -0.177 e. The van der Waals surface area contributed by atoms with Crippen LogP contribution in [0.4, 0.5) is 0 Å². The van der Waals surface area contributed by atoms with Gasteiger partial charge in [-0.25, -0.2) is 0 Å². The van der Waals surface area contributed by atoms with E-state index in [9.17, 15) is 0 Å². The summed E-state index contributed by atoms with van der Waals surface area (Å²) in [5.74, 6) is 0.726. The highest BCUT2D eigenvalue weighted by molar-refractivity contribution is 6.30. The quantitative estimate of drug-likeness (QED) is 0.761. The minimum absolute atomic E-state index is 0.698. The Bertz CT molecular complexity index is 1070. The molecule has 1 heterocycles. The van der Waals surface area contributed by atoms with Gasteiger partial charge in [-0.05, 0) is 76.1 Å². The number of aromatic amines is 1. The van der Waals surface area contributed by atoms with Crippen molar-refractivity contribution in [1.82, 2.24) is 20.6 Å². The summed E-state index contributed by atoms with van der Waals surface area (Å²) in [6.45, 7) is 4.37. The number of benzene rings is 2. The number of hydrogen-bond donors (Lipinski definition) is 1. The van der Waals surface area contributed by atoms with Crippen molar-refractivity contribution in [2.24, 2.45) is 0 Å². The molecule has 0 unspecified atom stereocenters. The molecule has 2 aliphatic rings. The Labute approximate surface area is 150 Å². The molecule has 2 aromatic carbocycles. The standard InChI is InChI=1S/C20H15ClN4/c1-10-3-8-14-18-11(2)15(9-16-22-24-25-23-16)20(14)17(10)19(18)12-4-6-13(21)7-5-12/h3-8H,9H2,1-2H3,(H,22,23,24,25). The van der Waals surface area contributed by atoms with Gasteiger partial charge < -0.3 is 0 Å². The van der Waals surface area contributed by atoms with Crippen molar-refractivity contribution in [3.63, 3.8) is 0 Å². The van der Waals surface area contributed by atoms with Gasteiger partial charge in [0, 0.05) is 11.4 Å². The highest BCUT2D eigenvalue weighted by atomic mass is 35.5. The molecule has 3 aromatic rings. The van der Waals surface area contributed by atoms with Gasteiger partial charge in [0.1, 0.15) is 0 Å². The van der Waals surface area contributed by atoms with Crippen LogP contribution in [-0.2, 0) is 6.42 Å². The largest absolute Gasteiger partial charge is 0.178 e. The van der Waals surface area contributed by atoms with E-state index < -0.39 is 0 Å². The summed E-state index contributed by atoms with van der Waals surface area (Å²) in [5.41, 5.74) is 11.8. The number of rotatable bonds is 3. The fraction of sp³-hybridized carbons (Fsp3) is 0.150. The predicted octanol–water partition coefficient (Wildman–Crippen LogP) is 4.46. The molecule has 0 aliphatic heterocycles. The molecule has 5 heteroatoms. The first kappa shape index (κ1) is 14.6. The van der Waals surface area contributed by atoms with E-state index in [1.54, 1.807) is 0 Å². The molecular formula is C20H15ClN4. The third-order valence-electron chi connectivity index (χ3n) is 5.17. The van der Waals surface area contributed by atoms with Crippen LogP contribution in [0.5, 0.6) is 0 Å². The molecule has 4 bridgehead atoms. The Morgan fingerprint density at radius 3 is 2.48 bits per heavy atom. The number of allylic oxidation sites excluding steroid dienone is 3. The molecule has 0 spiro atoms. The Morgan fingerprint density at radius 1 is 0.960 bits per heavy atom. The molecule has 4 nitrogen and oxygen atoms in total. The van der Waals surface area contributed by atoms with E-state index in [-0.39, 0.29) is 0 Å². The molecule has 5 rings (SSSR count). The van der Waals surface area contributed by atoms with Crippen molar-refractivity contribution in [3.8, 4) is 0 Å². The zero-order valence-electron chi connectivity index (χ0n) is 13.9. The maximum atomic E-state index is 6.09. The molecule has 1 aromatic heterocycles. The molecule has 0 radical (unpaired) electrons. The maximum Gasteiger partial charge on any atom is 0.178 e. The minimum atomic E-state index is 0.698. The van der Waals surface area contributed by atoms with Crippen LogP contribution in [0, 0.1) is 6.92 Å². The van der Waals surface area contributed by atoms with Crippen LogP contribution in [0.25, 0.3) is 16.7 Å². The van der Waals surface area contributed by atoms with Crippen molar-refractivity contribution in [1.29, 1.82) is 0 Å². The van der Waals surface area contributed by atoms with E-state index >= 15 is 0 Å². The van der Waals surface area contributed by atoms with Crippen molar-refractivity contribution >= 4 is 28.3 Å². The molecule has 2 aliphatic carbocycles. The van der Waals surface area contributed by atoms with E-state index in [0.717, 1.165) is 10.8 Å². The topological polar surface area (TPSA) is 54.5 Å². The molecule has 122 valence electrons. The van der Waals surface area contributed by atoms with Gasteiger partial charge in [-0.3, -0.25) is 0 Å². The molecular weight excluding hydrogens is 332 g/mol. The number of nitrogens with one attached hydrogen (secondary N) is 1. The second-order valence-electron chi connectivity index (χ2n) is 6.55. The van der Waals surface area contributed by atoms with Gasteiger partial charge in [-0.15, -0.1) is 10.2 Å². The van der Waals surface area contributed by atoms with Crippen LogP contribution in [-0.4, -0.2) is 20.6 Å². The molecule has 0 fully saturated rings. The number of hydrogen-bond acceptors (Lipinski definition) is 3. The SMILES string of the molecule is CC1=C(Cc2nn[nH]n2)c2c3ccc(C)c2C(c2ccc(Cl)cc2)=C13. The number of nitrogens with zero attached hydrogens (tertiary/aromatic N) is 3. The van der Waals surface area contributed by atoms with Crippen molar-refractivity contribution in [3.05, 3.63) is 80.6 Å². The Kier molecular flexibility index (Phi) is 3.00. The lowest BCUT2D eigenvalue weighted by molar-refractivity contribution is 0.881. The van der Waals surface area contributed by atoms with Crippen LogP contribution < -0.4 is 0 Å². The second kappa shape index (κ2) is 5.14. The number of aromatic nitrogens is 4. The van der Waals surface area contributed by atoms with Crippen molar-refractivity contribution in [2.75, 3.05) is 0 Å². The number of tetrazole rings is 1. The summed E-state index contributed by atoms with van der Waals surface area (Å²) in [4.78, 5) is 0. The van der Waals surface area contributed by atoms with Gasteiger partial charge in [-0.2, -0.15) is 5.21 Å². The molecule has 0 saturated heterocycles. The highest BCUT2D eigenvalue weighted by Crippen LogP contribution is 2.56. The Balaban J connectivity index is 1.74. The second-order valence-corrected chi connectivity index (χ2v) is 6.98. The smallest absolute Gasteiger partial charge is 0.177 e. The van der Waals surface area contributed by atoms with Crippen LogP contribution in [0.15, 0.2) is 42.0 Å². The predicted molar refractivity (Wildman–Crippen MR) is 99.0 cm³/mol. The Hall–Kier alpha value is -2.72. The van der Waals surface area contributed by atoms with Gasteiger partial charge in [0.05, 0.1) is 0 Å². The number of halogens is 1. The summed E-state index contributed by atoms with van der Waals surface area (Å²) < 4.78 is 0. The van der Waals surface area contributed by atoms with Gasteiger partial charge in [-0.1, -0.05) is 41.1 Å². The zero-order chi connectivity index (χ0) is 17.1. The van der Waals surface area contributed by atoms with E-state index in [2.05, 4.69) is 58.7 Å². The lowest BCUT2D eigenvalue weighted by atomic mass is 9.85. The molecule has 0 amide bonds.